The predicted octanol–water partition coefficient (Wildman–Crippen LogP) is 1.82. The molecule has 0 amide bonds. The van der Waals surface area contributed by atoms with Crippen LogP contribution in [0.3, 0.4) is 0 Å². The van der Waals surface area contributed by atoms with Crippen LogP contribution < -0.4 is 14.3 Å². The molecule has 0 aliphatic carbocycles. The predicted molar refractivity (Wildman–Crippen MR) is 74.4 cm³/mol. The molecule has 1 rings (SSSR count). The first-order valence-electron chi connectivity index (χ1n) is 6.43. The molecule has 10 heteroatoms. The van der Waals surface area contributed by atoms with Crippen molar-refractivity contribution >= 4 is 10.1 Å². The number of pyridine rings is 1. The van der Waals surface area contributed by atoms with Crippen LogP contribution >= 0.6 is 0 Å². The average molecular weight is 357 g/mol. The molecule has 1 aromatic heterocycles. The van der Waals surface area contributed by atoms with Crippen LogP contribution in [0.4, 0.5) is 13.2 Å². The highest BCUT2D eigenvalue weighted by Gasteiger charge is 2.36. The van der Waals surface area contributed by atoms with E-state index in [4.69, 9.17) is 22.5 Å². The van der Waals surface area contributed by atoms with E-state index in [1.54, 1.807) is 11.8 Å². The number of unbranched alkanes of at least 4 members (excludes halogenated alkanes) is 2. The maximum atomic E-state index is 10.7. The third-order valence-electron chi connectivity index (χ3n) is 2.34. The van der Waals surface area contributed by atoms with Crippen LogP contribution in [0.1, 0.15) is 19.3 Å². The van der Waals surface area contributed by atoms with E-state index in [2.05, 4.69) is 6.58 Å². The molecule has 1 aromatic rings. The van der Waals surface area contributed by atoms with Gasteiger partial charge < -0.3 is 9.29 Å². The Hall–Kier alpha value is -1.81. The highest BCUT2D eigenvalue weighted by molar-refractivity contribution is 7.86. The molecule has 0 saturated heterocycles. The Morgan fingerprint density at radius 3 is 2.22 bits per heavy atom. The molecule has 0 saturated carbocycles. The summed E-state index contributed by atoms with van der Waals surface area (Å²) >= 11 is 0. The van der Waals surface area contributed by atoms with Gasteiger partial charge in [-0.1, -0.05) is 6.08 Å². The molecule has 0 aliphatic heterocycles. The minimum Gasteiger partial charge on any atom is -0.741 e. The Morgan fingerprint density at radius 2 is 1.83 bits per heavy atom. The van der Waals surface area contributed by atoms with Crippen LogP contribution in [-0.2, 0) is 10.1 Å². The fraction of sp³-hybridized carbons (Fsp3) is 0.462. The Morgan fingerprint density at radius 1 is 1.30 bits per heavy atom. The van der Waals surface area contributed by atoms with Gasteiger partial charge in [-0.15, -0.1) is 6.58 Å². The molecule has 6 nitrogen and oxygen atoms in total. The van der Waals surface area contributed by atoms with Gasteiger partial charge in [0.25, 0.3) is 0 Å². The second-order valence-electron chi connectivity index (χ2n) is 4.11. The van der Waals surface area contributed by atoms with Gasteiger partial charge >= 0.3 is 5.51 Å². The molecule has 0 aliphatic rings. The lowest BCUT2D eigenvalue weighted by Gasteiger charge is -2.08. The molecule has 0 radical (unpaired) electrons. The second kappa shape index (κ2) is 10.1. The van der Waals surface area contributed by atoms with E-state index in [1.165, 1.54) is 0 Å². The smallest absolute Gasteiger partial charge is 0.485 e. The van der Waals surface area contributed by atoms with E-state index in [0.29, 0.717) is 0 Å². The standard InChI is InChI=1S/C12H18NO2.CHF3O3S/c1-3-4-5-6-11-15-12-7-9-13(14-2)10-8-12;2-1(3,4)8(5,6)7/h3,7-10H,1,4-6,11H2,2H3;(H,5,6,7)/q+1;/p-1. The topological polar surface area (TPSA) is 79.5 Å². The van der Waals surface area contributed by atoms with Gasteiger partial charge in [0, 0.05) is 16.9 Å². The summed E-state index contributed by atoms with van der Waals surface area (Å²) in [7, 11) is -4.47. The zero-order chi connectivity index (χ0) is 17.9. The zero-order valence-corrected chi connectivity index (χ0v) is 13.3. The van der Waals surface area contributed by atoms with Gasteiger partial charge in [0.1, 0.15) is 12.9 Å². The summed E-state index contributed by atoms with van der Waals surface area (Å²) in [5.41, 5.74) is -5.65. The van der Waals surface area contributed by atoms with Crippen LogP contribution in [0.15, 0.2) is 37.2 Å². The normalized spacial score (nSPS) is 11.2. The molecule has 0 spiro atoms. The van der Waals surface area contributed by atoms with Crippen molar-refractivity contribution in [2.24, 2.45) is 0 Å². The Balaban J connectivity index is 0.000000515. The maximum absolute atomic E-state index is 10.7. The van der Waals surface area contributed by atoms with Crippen molar-refractivity contribution in [3.8, 4) is 5.75 Å². The Kier molecular flexibility index (Phi) is 9.27. The molecule has 1 heterocycles. The van der Waals surface area contributed by atoms with Gasteiger partial charge in [0.2, 0.25) is 12.4 Å². The zero-order valence-electron chi connectivity index (χ0n) is 12.5. The van der Waals surface area contributed by atoms with Crippen molar-refractivity contribution in [1.29, 1.82) is 0 Å². The summed E-state index contributed by atoms with van der Waals surface area (Å²) in [5.74, 6) is 0.877. The summed E-state index contributed by atoms with van der Waals surface area (Å²) in [6.07, 6.45) is 8.82. The van der Waals surface area contributed by atoms with Crippen LogP contribution in [0.2, 0.25) is 0 Å². The number of aromatic nitrogens is 1. The average Bonchev–Trinajstić information content (AvgIpc) is 2.46. The lowest BCUT2D eigenvalue weighted by Crippen LogP contribution is -2.39. The molecule has 23 heavy (non-hydrogen) atoms. The van der Waals surface area contributed by atoms with Crippen molar-refractivity contribution in [2.45, 2.75) is 24.8 Å². The fourth-order valence-corrected chi connectivity index (χ4v) is 1.20. The van der Waals surface area contributed by atoms with Gasteiger partial charge in [-0.25, -0.2) is 8.42 Å². The number of nitrogens with zero attached hydrogens (tertiary/aromatic N) is 1. The first kappa shape index (κ1) is 21.2. The van der Waals surface area contributed by atoms with E-state index in [0.717, 1.165) is 31.6 Å². The van der Waals surface area contributed by atoms with E-state index < -0.39 is 15.6 Å². The minimum absolute atomic E-state index is 0.755. The lowest BCUT2D eigenvalue weighted by atomic mass is 10.2. The molecular formula is C13H18F3NO5S. The van der Waals surface area contributed by atoms with Crippen LogP contribution in [0, 0.1) is 0 Å². The van der Waals surface area contributed by atoms with E-state index >= 15 is 0 Å². The van der Waals surface area contributed by atoms with Crippen molar-refractivity contribution in [3.63, 3.8) is 0 Å². The number of ether oxygens (including phenoxy) is 1. The second-order valence-corrected chi connectivity index (χ2v) is 5.48. The monoisotopic (exact) mass is 357 g/mol. The lowest BCUT2D eigenvalue weighted by molar-refractivity contribution is -0.885. The van der Waals surface area contributed by atoms with Gasteiger partial charge in [-0.3, -0.25) is 4.84 Å². The van der Waals surface area contributed by atoms with Crippen molar-refractivity contribution in [1.82, 2.24) is 0 Å². The van der Waals surface area contributed by atoms with Gasteiger partial charge in [0.05, 0.1) is 6.61 Å². The minimum atomic E-state index is -6.09. The van der Waals surface area contributed by atoms with Crippen molar-refractivity contribution in [2.75, 3.05) is 13.7 Å². The number of allylic oxidation sites excluding steroid dienone is 1. The third-order valence-corrected chi connectivity index (χ3v) is 2.90. The van der Waals surface area contributed by atoms with E-state index in [-0.39, 0.29) is 0 Å². The van der Waals surface area contributed by atoms with Crippen molar-refractivity contribution in [3.05, 3.63) is 37.2 Å². The summed E-state index contributed by atoms with van der Waals surface area (Å²) in [4.78, 5) is 4.98. The molecule has 0 unspecified atom stereocenters. The molecule has 0 N–H and O–H groups in total. The van der Waals surface area contributed by atoms with Crippen molar-refractivity contribution < 1.29 is 40.4 Å². The summed E-state index contributed by atoms with van der Waals surface area (Å²) in [6, 6.07) is 3.77. The summed E-state index contributed by atoms with van der Waals surface area (Å²) in [6.45, 7) is 4.43. The number of alkyl halides is 3. The first-order chi connectivity index (χ1) is 10.6. The highest BCUT2D eigenvalue weighted by Crippen LogP contribution is 2.20. The number of hydrogen-bond acceptors (Lipinski definition) is 5. The molecular weight excluding hydrogens is 339 g/mol. The van der Waals surface area contributed by atoms with E-state index in [9.17, 15) is 13.2 Å². The number of hydrogen-bond donors (Lipinski definition) is 0. The van der Waals surface area contributed by atoms with Gasteiger partial charge in [-0.05, 0) is 19.3 Å². The Labute approximate surface area is 132 Å². The summed E-state index contributed by atoms with van der Waals surface area (Å²) < 4.78 is 66.1. The first-order valence-corrected chi connectivity index (χ1v) is 7.84. The van der Waals surface area contributed by atoms with Crippen LogP contribution in [0.25, 0.3) is 0 Å². The molecule has 132 valence electrons. The third kappa shape index (κ3) is 9.74. The molecule has 0 aromatic carbocycles. The quantitative estimate of drug-likeness (QED) is 0.244. The maximum Gasteiger partial charge on any atom is 0.485 e. The van der Waals surface area contributed by atoms with Gasteiger partial charge in [-0.2, -0.15) is 13.2 Å². The van der Waals surface area contributed by atoms with Gasteiger partial charge in [0.15, 0.2) is 10.1 Å². The molecule has 0 bridgehead atoms. The highest BCUT2D eigenvalue weighted by atomic mass is 32.2. The SMILES string of the molecule is C=CCCCCOc1cc[n+](OC)cc1.O=S(=O)([O-])C(F)(F)F. The Bertz CT molecular complexity index is 558. The fourth-order valence-electron chi connectivity index (χ4n) is 1.20. The van der Waals surface area contributed by atoms with E-state index in [1.807, 2.05) is 30.6 Å². The number of halogens is 3. The molecule has 0 fully saturated rings. The van der Waals surface area contributed by atoms with Crippen LogP contribution in [0.5, 0.6) is 5.75 Å². The molecule has 0 atom stereocenters. The van der Waals surface area contributed by atoms with Crippen LogP contribution in [-0.4, -0.2) is 32.2 Å². The number of rotatable bonds is 7. The summed E-state index contributed by atoms with van der Waals surface area (Å²) in [5, 5.41) is 0. The largest absolute Gasteiger partial charge is 0.741 e.